The van der Waals surface area contributed by atoms with Gasteiger partial charge in [-0.15, -0.1) is 5.10 Å². The number of hydrogen-bond donors (Lipinski definition) is 1. The number of rotatable bonds is 3. The molecule has 0 aromatic carbocycles. The number of aldehydes is 1. The van der Waals surface area contributed by atoms with Gasteiger partial charge in [-0.1, -0.05) is 17.4 Å². The Morgan fingerprint density at radius 3 is 3.19 bits per heavy atom. The molecule has 2 rings (SSSR count). The van der Waals surface area contributed by atoms with Crippen molar-refractivity contribution in [2.45, 2.75) is 25.8 Å². The first-order valence-corrected chi connectivity index (χ1v) is 5.20. The van der Waals surface area contributed by atoms with Crippen LogP contribution in [0.3, 0.4) is 0 Å². The third-order valence-electron chi connectivity index (χ3n) is 2.73. The van der Waals surface area contributed by atoms with E-state index in [4.69, 9.17) is 5.73 Å². The summed E-state index contributed by atoms with van der Waals surface area (Å²) in [6.07, 6.45) is 7.79. The summed E-state index contributed by atoms with van der Waals surface area (Å²) in [5.74, 6) is 0. The summed E-state index contributed by atoms with van der Waals surface area (Å²) in [4.78, 5) is 10.6. The monoisotopic (exact) mass is 218 g/mol. The van der Waals surface area contributed by atoms with Gasteiger partial charge in [0, 0.05) is 12.1 Å². The molecule has 1 unspecified atom stereocenters. The first-order valence-electron chi connectivity index (χ1n) is 5.20. The standard InChI is InChI=1S/C11H14N4O/c1-8-10(6-7-16)15(14-13-8)11-5-3-2-4-9(11)12/h2-4,7,11H,5-6,12H2,1H3. The van der Waals surface area contributed by atoms with Gasteiger partial charge in [0.2, 0.25) is 0 Å². The second kappa shape index (κ2) is 4.30. The fourth-order valence-electron chi connectivity index (χ4n) is 1.84. The van der Waals surface area contributed by atoms with Gasteiger partial charge >= 0.3 is 0 Å². The Morgan fingerprint density at radius 1 is 1.69 bits per heavy atom. The smallest absolute Gasteiger partial charge is 0.125 e. The van der Waals surface area contributed by atoms with Crippen LogP contribution in [0.4, 0.5) is 0 Å². The fourth-order valence-corrected chi connectivity index (χ4v) is 1.84. The van der Waals surface area contributed by atoms with Crippen LogP contribution in [0.1, 0.15) is 23.9 Å². The minimum Gasteiger partial charge on any atom is -0.400 e. The number of carbonyl (C=O) groups is 1. The van der Waals surface area contributed by atoms with Crippen molar-refractivity contribution in [1.29, 1.82) is 0 Å². The largest absolute Gasteiger partial charge is 0.400 e. The fraction of sp³-hybridized carbons (Fsp3) is 0.364. The van der Waals surface area contributed by atoms with Gasteiger partial charge in [0.05, 0.1) is 17.4 Å². The van der Waals surface area contributed by atoms with E-state index >= 15 is 0 Å². The SMILES string of the molecule is Cc1nnn(C2CC=CC=C2N)c1CC=O. The lowest BCUT2D eigenvalue weighted by Crippen LogP contribution is -2.21. The predicted molar refractivity (Wildman–Crippen MR) is 59.6 cm³/mol. The van der Waals surface area contributed by atoms with Crippen LogP contribution >= 0.6 is 0 Å². The van der Waals surface area contributed by atoms with Gasteiger partial charge in [0.1, 0.15) is 6.29 Å². The lowest BCUT2D eigenvalue weighted by Gasteiger charge is -2.20. The maximum Gasteiger partial charge on any atom is 0.125 e. The average Bonchev–Trinajstić information content (AvgIpc) is 2.62. The van der Waals surface area contributed by atoms with Gasteiger partial charge in [0.25, 0.3) is 0 Å². The molecule has 1 atom stereocenters. The molecule has 1 heterocycles. The summed E-state index contributed by atoms with van der Waals surface area (Å²) in [6.45, 7) is 1.85. The molecule has 0 saturated heterocycles. The van der Waals surface area contributed by atoms with Gasteiger partial charge in [-0.3, -0.25) is 0 Å². The highest BCUT2D eigenvalue weighted by Gasteiger charge is 2.20. The topological polar surface area (TPSA) is 73.8 Å². The second-order valence-corrected chi connectivity index (χ2v) is 3.78. The van der Waals surface area contributed by atoms with Crippen LogP contribution in [0.2, 0.25) is 0 Å². The summed E-state index contributed by atoms with van der Waals surface area (Å²) in [6, 6.07) is -0.0128. The molecule has 2 N–H and O–H groups in total. The molecule has 84 valence electrons. The molecular formula is C11H14N4O. The quantitative estimate of drug-likeness (QED) is 0.757. The summed E-state index contributed by atoms with van der Waals surface area (Å²) >= 11 is 0. The van der Waals surface area contributed by atoms with Gasteiger partial charge in [-0.2, -0.15) is 0 Å². The molecule has 0 amide bonds. The van der Waals surface area contributed by atoms with Crippen molar-refractivity contribution in [3.8, 4) is 0 Å². The van der Waals surface area contributed by atoms with Crippen molar-refractivity contribution < 1.29 is 4.79 Å². The van der Waals surface area contributed by atoms with Gasteiger partial charge < -0.3 is 10.5 Å². The van der Waals surface area contributed by atoms with Crippen LogP contribution < -0.4 is 5.73 Å². The van der Waals surface area contributed by atoms with E-state index in [1.165, 1.54) is 0 Å². The zero-order valence-corrected chi connectivity index (χ0v) is 9.13. The van der Waals surface area contributed by atoms with Crippen LogP contribution in [0, 0.1) is 6.92 Å². The second-order valence-electron chi connectivity index (χ2n) is 3.78. The van der Waals surface area contributed by atoms with Crippen LogP contribution in [-0.2, 0) is 11.2 Å². The van der Waals surface area contributed by atoms with Crippen LogP contribution in [0.15, 0.2) is 23.9 Å². The van der Waals surface area contributed by atoms with Crippen molar-refractivity contribution in [1.82, 2.24) is 15.0 Å². The highest BCUT2D eigenvalue weighted by atomic mass is 16.1. The highest BCUT2D eigenvalue weighted by Crippen LogP contribution is 2.23. The van der Waals surface area contributed by atoms with Gasteiger partial charge in [-0.05, 0) is 19.4 Å². The molecule has 1 aromatic rings. The summed E-state index contributed by atoms with van der Waals surface area (Å²) < 4.78 is 1.75. The predicted octanol–water partition coefficient (Wildman–Crippen LogP) is 0.672. The molecule has 0 spiro atoms. The van der Waals surface area contributed by atoms with Crippen LogP contribution in [-0.4, -0.2) is 21.3 Å². The maximum absolute atomic E-state index is 10.6. The molecule has 1 aliphatic carbocycles. The Bertz CT molecular complexity index is 459. The molecule has 0 fully saturated rings. The van der Waals surface area contributed by atoms with Crippen molar-refractivity contribution in [3.63, 3.8) is 0 Å². The molecular weight excluding hydrogens is 204 g/mol. The van der Waals surface area contributed by atoms with E-state index < -0.39 is 0 Å². The first kappa shape index (κ1) is 10.6. The lowest BCUT2D eigenvalue weighted by molar-refractivity contribution is -0.107. The Kier molecular flexibility index (Phi) is 2.85. The van der Waals surface area contributed by atoms with E-state index in [0.29, 0.717) is 6.42 Å². The normalized spacial score (nSPS) is 19.6. The molecule has 1 aliphatic rings. The van der Waals surface area contributed by atoms with Gasteiger partial charge in [0.15, 0.2) is 0 Å². The Balaban J connectivity index is 2.36. The lowest BCUT2D eigenvalue weighted by atomic mass is 10.1. The maximum atomic E-state index is 10.6. The molecule has 0 saturated carbocycles. The Labute approximate surface area is 93.6 Å². The van der Waals surface area contributed by atoms with Crippen LogP contribution in [0.5, 0.6) is 0 Å². The average molecular weight is 218 g/mol. The zero-order valence-electron chi connectivity index (χ0n) is 9.13. The zero-order chi connectivity index (χ0) is 11.5. The molecule has 16 heavy (non-hydrogen) atoms. The molecule has 5 nitrogen and oxygen atoms in total. The Hall–Kier alpha value is -1.91. The third-order valence-corrected chi connectivity index (χ3v) is 2.73. The number of aromatic nitrogens is 3. The first-order chi connectivity index (χ1) is 7.74. The molecule has 0 aliphatic heterocycles. The highest BCUT2D eigenvalue weighted by molar-refractivity contribution is 5.54. The van der Waals surface area contributed by atoms with Crippen molar-refractivity contribution in [2.24, 2.45) is 5.73 Å². The van der Waals surface area contributed by atoms with E-state index in [-0.39, 0.29) is 6.04 Å². The number of nitrogens with zero attached hydrogens (tertiary/aromatic N) is 3. The van der Waals surface area contributed by atoms with Crippen molar-refractivity contribution >= 4 is 6.29 Å². The van der Waals surface area contributed by atoms with Crippen molar-refractivity contribution in [2.75, 3.05) is 0 Å². The van der Waals surface area contributed by atoms with E-state index in [1.54, 1.807) is 4.68 Å². The van der Waals surface area contributed by atoms with Crippen molar-refractivity contribution in [3.05, 3.63) is 35.3 Å². The molecule has 1 aromatic heterocycles. The summed E-state index contributed by atoms with van der Waals surface area (Å²) in [7, 11) is 0. The summed E-state index contributed by atoms with van der Waals surface area (Å²) in [5, 5.41) is 8.05. The summed E-state index contributed by atoms with van der Waals surface area (Å²) in [5.41, 5.74) is 8.29. The number of hydrogen-bond acceptors (Lipinski definition) is 4. The minimum absolute atomic E-state index is 0.0128. The molecule has 0 radical (unpaired) electrons. The van der Waals surface area contributed by atoms with Crippen LogP contribution in [0.25, 0.3) is 0 Å². The Morgan fingerprint density at radius 2 is 2.50 bits per heavy atom. The number of allylic oxidation sites excluding steroid dienone is 4. The van der Waals surface area contributed by atoms with Gasteiger partial charge in [-0.25, -0.2) is 4.68 Å². The molecule has 5 heteroatoms. The van der Waals surface area contributed by atoms with E-state index in [2.05, 4.69) is 10.3 Å². The van der Waals surface area contributed by atoms with E-state index in [9.17, 15) is 4.79 Å². The number of carbonyl (C=O) groups excluding carboxylic acids is 1. The molecule has 0 bridgehead atoms. The number of nitrogens with two attached hydrogens (primary N) is 1. The number of aryl methyl sites for hydroxylation is 1. The van der Waals surface area contributed by atoms with E-state index in [1.807, 2.05) is 25.2 Å². The minimum atomic E-state index is -0.0128. The third kappa shape index (κ3) is 1.76. The van der Waals surface area contributed by atoms with E-state index in [0.717, 1.165) is 29.8 Å².